The standard InChI is InChI=1S/C21H24N2O5/c1-25-18-9-14-4-7-23(12-16(14)10-19(18)26-2)21(24)15-3-6-22-20(11-15)28-17-5-8-27-13-17/h3,6,9-11,17H,4-5,7-8,12-13H2,1-2H3/t17-/m1/s1. The minimum absolute atomic E-state index is 0.00200. The van der Waals surface area contributed by atoms with Gasteiger partial charge in [-0.25, -0.2) is 4.98 Å². The summed E-state index contributed by atoms with van der Waals surface area (Å²) in [6.45, 7) is 2.44. The lowest BCUT2D eigenvalue weighted by Gasteiger charge is -2.29. The number of carbonyl (C=O) groups excluding carboxylic acids is 1. The third-order valence-electron chi connectivity index (χ3n) is 5.16. The third-order valence-corrected chi connectivity index (χ3v) is 5.16. The number of methoxy groups -OCH3 is 2. The lowest BCUT2D eigenvalue weighted by atomic mass is 9.98. The van der Waals surface area contributed by atoms with Crippen molar-refractivity contribution in [2.75, 3.05) is 34.0 Å². The molecule has 1 saturated heterocycles. The Morgan fingerprint density at radius 2 is 1.96 bits per heavy atom. The van der Waals surface area contributed by atoms with Crippen LogP contribution in [0.25, 0.3) is 0 Å². The number of pyridine rings is 1. The van der Waals surface area contributed by atoms with E-state index in [4.69, 9.17) is 18.9 Å². The smallest absolute Gasteiger partial charge is 0.254 e. The summed E-state index contributed by atoms with van der Waals surface area (Å²) in [5.41, 5.74) is 2.83. The zero-order valence-electron chi connectivity index (χ0n) is 16.1. The van der Waals surface area contributed by atoms with Gasteiger partial charge in [-0.3, -0.25) is 4.79 Å². The molecule has 4 rings (SSSR count). The molecule has 1 fully saturated rings. The molecule has 2 aromatic rings. The Bertz CT molecular complexity index is 864. The van der Waals surface area contributed by atoms with E-state index in [1.807, 2.05) is 17.0 Å². The highest BCUT2D eigenvalue weighted by Gasteiger charge is 2.25. The number of fused-ring (bicyclic) bond motifs is 1. The quantitative estimate of drug-likeness (QED) is 0.789. The molecular weight excluding hydrogens is 360 g/mol. The maximum atomic E-state index is 13.0. The molecule has 0 unspecified atom stereocenters. The van der Waals surface area contributed by atoms with E-state index in [0.29, 0.717) is 49.2 Å². The van der Waals surface area contributed by atoms with Gasteiger partial charge in [0, 0.05) is 37.3 Å². The van der Waals surface area contributed by atoms with Gasteiger partial charge in [0.2, 0.25) is 5.88 Å². The Labute approximate surface area is 164 Å². The van der Waals surface area contributed by atoms with Crippen molar-refractivity contribution in [3.05, 3.63) is 47.2 Å². The van der Waals surface area contributed by atoms with Gasteiger partial charge < -0.3 is 23.8 Å². The van der Waals surface area contributed by atoms with Gasteiger partial charge in [0.1, 0.15) is 6.10 Å². The highest BCUT2D eigenvalue weighted by Crippen LogP contribution is 2.33. The topological polar surface area (TPSA) is 70.1 Å². The normalized spacial score (nSPS) is 18.5. The molecule has 0 radical (unpaired) electrons. The van der Waals surface area contributed by atoms with Crippen LogP contribution in [0, 0.1) is 0 Å². The van der Waals surface area contributed by atoms with E-state index in [2.05, 4.69) is 4.98 Å². The summed E-state index contributed by atoms with van der Waals surface area (Å²) in [6, 6.07) is 7.39. The average molecular weight is 384 g/mol. The van der Waals surface area contributed by atoms with Crippen LogP contribution < -0.4 is 14.2 Å². The number of nitrogens with zero attached hydrogens (tertiary/aromatic N) is 2. The lowest BCUT2D eigenvalue weighted by molar-refractivity contribution is 0.0733. The van der Waals surface area contributed by atoms with Gasteiger partial charge in [-0.05, 0) is 35.7 Å². The van der Waals surface area contributed by atoms with E-state index in [1.54, 1.807) is 32.5 Å². The fourth-order valence-corrected chi connectivity index (χ4v) is 3.62. The number of carbonyl (C=O) groups is 1. The molecule has 0 N–H and O–H groups in total. The second kappa shape index (κ2) is 8.06. The highest BCUT2D eigenvalue weighted by atomic mass is 16.5. The molecule has 7 heteroatoms. The van der Waals surface area contributed by atoms with Crippen LogP contribution in [0.15, 0.2) is 30.5 Å². The van der Waals surface area contributed by atoms with Crippen LogP contribution in [0.1, 0.15) is 27.9 Å². The molecule has 3 heterocycles. The summed E-state index contributed by atoms with van der Waals surface area (Å²) in [6.07, 6.45) is 3.23. The van der Waals surface area contributed by atoms with E-state index in [-0.39, 0.29) is 12.0 Å². The molecule has 28 heavy (non-hydrogen) atoms. The molecule has 0 bridgehead atoms. The zero-order valence-corrected chi connectivity index (χ0v) is 16.1. The van der Waals surface area contributed by atoms with Crippen molar-refractivity contribution in [1.82, 2.24) is 9.88 Å². The Morgan fingerprint density at radius 1 is 1.18 bits per heavy atom. The molecule has 148 valence electrons. The number of aromatic nitrogens is 1. The SMILES string of the molecule is COc1cc2c(cc1OC)CN(C(=O)c1ccnc(O[C@@H]3CCOC3)c1)CC2. The predicted molar refractivity (Wildman–Crippen MR) is 102 cm³/mol. The molecule has 2 aliphatic rings. The average Bonchev–Trinajstić information content (AvgIpc) is 3.25. The van der Waals surface area contributed by atoms with Crippen LogP contribution in [0.5, 0.6) is 17.4 Å². The van der Waals surface area contributed by atoms with Gasteiger partial charge in [0.15, 0.2) is 11.5 Å². The maximum absolute atomic E-state index is 13.0. The summed E-state index contributed by atoms with van der Waals surface area (Å²) in [5.74, 6) is 1.82. The number of benzene rings is 1. The number of hydrogen-bond donors (Lipinski definition) is 0. The summed E-state index contributed by atoms with van der Waals surface area (Å²) in [4.78, 5) is 19.1. The third kappa shape index (κ3) is 3.75. The first-order chi connectivity index (χ1) is 13.7. The second-order valence-corrected chi connectivity index (χ2v) is 6.94. The van der Waals surface area contributed by atoms with E-state index in [1.165, 1.54) is 5.56 Å². The zero-order chi connectivity index (χ0) is 19.5. The lowest BCUT2D eigenvalue weighted by Crippen LogP contribution is -2.36. The molecule has 0 spiro atoms. The van der Waals surface area contributed by atoms with Crippen LogP contribution in [0.3, 0.4) is 0 Å². The Hall–Kier alpha value is -2.80. The van der Waals surface area contributed by atoms with Crippen LogP contribution in [0.4, 0.5) is 0 Å². The summed E-state index contributed by atoms with van der Waals surface area (Å²) < 4.78 is 21.9. The van der Waals surface area contributed by atoms with Gasteiger partial charge in [-0.1, -0.05) is 0 Å². The fraction of sp³-hybridized carbons (Fsp3) is 0.429. The molecule has 1 aromatic heterocycles. The van der Waals surface area contributed by atoms with Gasteiger partial charge in [-0.2, -0.15) is 0 Å². The molecular formula is C21H24N2O5. The first kappa shape index (κ1) is 18.6. The maximum Gasteiger partial charge on any atom is 0.254 e. The monoisotopic (exact) mass is 384 g/mol. The number of amides is 1. The largest absolute Gasteiger partial charge is 0.493 e. The van der Waals surface area contributed by atoms with Gasteiger partial charge >= 0.3 is 0 Å². The summed E-state index contributed by atoms with van der Waals surface area (Å²) >= 11 is 0. The van der Waals surface area contributed by atoms with Crippen LogP contribution in [-0.4, -0.2) is 55.9 Å². The van der Waals surface area contributed by atoms with Gasteiger partial charge in [0.05, 0.1) is 27.4 Å². The second-order valence-electron chi connectivity index (χ2n) is 6.94. The van der Waals surface area contributed by atoms with E-state index >= 15 is 0 Å². The first-order valence-electron chi connectivity index (χ1n) is 9.41. The molecule has 1 atom stereocenters. The van der Waals surface area contributed by atoms with Crippen LogP contribution >= 0.6 is 0 Å². The first-order valence-corrected chi connectivity index (χ1v) is 9.41. The van der Waals surface area contributed by atoms with Gasteiger partial charge in [0.25, 0.3) is 5.91 Å². The number of ether oxygens (including phenoxy) is 4. The minimum atomic E-state index is -0.0321. The molecule has 2 aliphatic heterocycles. The molecule has 1 aromatic carbocycles. The minimum Gasteiger partial charge on any atom is -0.493 e. The number of rotatable bonds is 5. The van der Waals surface area contributed by atoms with Crippen molar-refractivity contribution >= 4 is 5.91 Å². The van der Waals surface area contributed by atoms with Crippen molar-refractivity contribution in [2.24, 2.45) is 0 Å². The molecule has 7 nitrogen and oxygen atoms in total. The number of hydrogen-bond acceptors (Lipinski definition) is 6. The van der Waals surface area contributed by atoms with E-state index < -0.39 is 0 Å². The Morgan fingerprint density at radius 3 is 2.68 bits per heavy atom. The van der Waals surface area contributed by atoms with Crippen molar-refractivity contribution in [1.29, 1.82) is 0 Å². The van der Waals surface area contributed by atoms with E-state index in [0.717, 1.165) is 18.4 Å². The predicted octanol–water partition coefficient (Wildman–Crippen LogP) is 2.47. The van der Waals surface area contributed by atoms with Crippen LogP contribution in [-0.2, 0) is 17.7 Å². The van der Waals surface area contributed by atoms with Crippen molar-refractivity contribution < 1.29 is 23.7 Å². The van der Waals surface area contributed by atoms with E-state index in [9.17, 15) is 4.79 Å². The van der Waals surface area contributed by atoms with Crippen LogP contribution in [0.2, 0.25) is 0 Å². The summed E-state index contributed by atoms with van der Waals surface area (Å²) in [5, 5.41) is 0. The molecule has 0 saturated carbocycles. The molecule has 0 aliphatic carbocycles. The summed E-state index contributed by atoms with van der Waals surface area (Å²) in [7, 11) is 3.24. The Kier molecular flexibility index (Phi) is 5.34. The fourth-order valence-electron chi connectivity index (χ4n) is 3.62. The van der Waals surface area contributed by atoms with Gasteiger partial charge in [-0.15, -0.1) is 0 Å². The van der Waals surface area contributed by atoms with Crippen molar-refractivity contribution in [2.45, 2.75) is 25.5 Å². The van der Waals surface area contributed by atoms with Crippen molar-refractivity contribution in [3.8, 4) is 17.4 Å². The Balaban J connectivity index is 1.50. The van der Waals surface area contributed by atoms with Crippen molar-refractivity contribution in [3.63, 3.8) is 0 Å². The molecule has 1 amide bonds. The highest BCUT2D eigenvalue weighted by molar-refractivity contribution is 5.94.